The van der Waals surface area contributed by atoms with Gasteiger partial charge in [0.05, 0.1) is 6.10 Å². The van der Waals surface area contributed by atoms with E-state index in [9.17, 15) is 0 Å². The quantitative estimate of drug-likeness (QED) is 0.782. The number of anilines is 2. The third-order valence-corrected chi connectivity index (χ3v) is 3.15. The van der Waals surface area contributed by atoms with Crippen molar-refractivity contribution in [3.05, 3.63) is 11.9 Å². The normalized spacial score (nSPS) is 21.8. The van der Waals surface area contributed by atoms with Gasteiger partial charge in [-0.2, -0.15) is 0 Å². The summed E-state index contributed by atoms with van der Waals surface area (Å²) < 4.78 is 10.6. The third-order valence-electron chi connectivity index (χ3n) is 3.15. The van der Waals surface area contributed by atoms with Crippen LogP contribution in [0, 0.1) is 0 Å². The zero-order valence-corrected chi connectivity index (χ0v) is 11.8. The molecule has 106 valence electrons. The van der Waals surface area contributed by atoms with Crippen molar-refractivity contribution < 1.29 is 9.47 Å². The Morgan fingerprint density at radius 2 is 2.05 bits per heavy atom. The van der Waals surface area contributed by atoms with Crippen LogP contribution in [-0.4, -0.2) is 42.9 Å². The van der Waals surface area contributed by atoms with E-state index in [1.165, 1.54) is 0 Å². The van der Waals surface area contributed by atoms with Crippen LogP contribution in [0.1, 0.15) is 25.6 Å². The molecule has 1 aliphatic carbocycles. The molecule has 0 aliphatic heterocycles. The number of nitrogens with one attached hydrogen (secondary N) is 2. The van der Waals surface area contributed by atoms with Gasteiger partial charge in [0.2, 0.25) is 0 Å². The molecule has 1 heterocycles. The molecule has 0 saturated heterocycles. The van der Waals surface area contributed by atoms with Crippen LogP contribution in [0.4, 0.5) is 11.6 Å². The molecule has 1 saturated carbocycles. The van der Waals surface area contributed by atoms with Gasteiger partial charge in [-0.15, -0.1) is 0 Å². The summed E-state index contributed by atoms with van der Waals surface area (Å²) in [7, 11) is 3.48. The number of methoxy groups -OCH3 is 1. The van der Waals surface area contributed by atoms with Crippen molar-refractivity contribution in [3.8, 4) is 0 Å². The lowest BCUT2D eigenvalue weighted by Gasteiger charge is -2.35. The number of nitrogens with zero attached hydrogens (tertiary/aromatic N) is 2. The van der Waals surface area contributed by atoms with Gasteiger partial charge >= 0.3 is 0 Å². The summed E-state index contributed by atoms with van der Waals surface area (Å²) in [6, 6.07) is 2.35. The van der Waals surface area contributed by atoms with Gasteiger partial charge in [-0.1, -0.05) is 0 Å². The van der Waals surface area contributed by atoms with Crippen LogP contribution in [0.15, 0.2) is 6.07 Å². The molecule has 0 aromatic carbocycles. The molecule has 0 atom stereocenters. The molecule has 0 amide bonds. The topological polar surface area (TPSA) is 68.3 Å². The monoisotopic (exact) mass is 266 g/mol. The molecular weight excluding hydrogens is 244 g/mol. The largest absolute Gasteiger partial charge is 0.378 e. The SMILES string of the molecule is CCOC1CC(Nc2cc(NC)nc(COC)n2)C1. The first-order valence-corrected chi connectivity index (χ1v) is 6.68. The zero-order valence-electron chi connectivity index (χ0n) is 11.8. The first kappa shape index (κ1) is 14.0. The van der Waals surface area contributed by atoms with Crippen LogP contribution in [0.25, 0.3) is 0 Å². The van der Waals surface area contributed by atoms with Crippen LogP contribution in [-0.2, 0) is 16.1 Å². The van der Waals surface area contributed by atoms with Crippen molar-refractivity contribution in [2.24, 2.45) is 0 Å². The maximum Gasteiger partial charge on any atom is 0.158 e. The van der Waals surface area contributed by atoms with E-state index < -0.39 is 0 Å². The van der Waals surface area contributed by atoms with Gasteiger partial charge in [0, 0.05) is 32.9 Å². The minimum absolute atomic E-state index is 0.395. The van der Waals surface area contributed by atoms with Crippen molar-refractivity contribution >= 4 is 11.6 Å². The van der Waals surface area contributed by atoms with E-state index >= 15 is 0 Å². The summed E-state index contributed by atoms with van der Waals surface area (Å²) in [5.41, 5.74) is 0. The molecule has 1 aromatic heterocycles. The Morgan fingerprint density at radius 1 is 1.32 bits per heavy atom. The minimum atomic E-state index is 0.395. The molecule has 1 aromatic rings. The Bertz CT molecular complexity index is 408. The molecule has 0 spiro atoms. The van der Waals surface area contributed by atoms with Gasteiger partial charge in [0.1, 0.15) is 18.2 Å². The fourth-order valence-corrected chi connectivity index (χ4v) is 2.16. The average molecular weight is 266 g/mol. The van der Waals surface area contributed by atoms with Crippen molar-refractivity contribution in [2.75, 3.05) is 31.4 Å². The van der Waals surface area contributed by atoms with E-state index in [0.29, 0.717) is 24.6 Å². The highest BCUT2D eigenvalue weighted by molar-refractivity contribution is 5.48. The molecule has 0 bridgehead atoms. The smallest absolute Gasteiger partial charge is 0.158 e. The van der Waals surface area contributed by atoms with Crippen molar-refractivity contribution in [1.29, 1.82) is 0 Å². The fourth-order valence-electron chi connectivity index (χ4n) is 2.16. The maximum atomic E-state index is 5.55. The summed E-state index contributed by atoms with van der Waals surface area (Å²) >= 11 is 0. The van der Waals surface area contributed by atoms with Crippen LogP contribution in [0.2, 0.25) is 0 Å². The Labute approximate surface area is 113 Å². The van der Waals surface area contributed by atoms with E-state index in [4.69, 9.17) is 9.47 Å². The number of aromatic nitrogens is 2. The van der Waals surface area contributed by atoms with Crippen LogP contribution in [0.3, 0.4) is 0 Å². The Morgan fingerprint density at radius 3 is 2.68 bits per heavy atom. The molecule has 0 unspecified atom stereocenters. The standard InChI is InChI=1S/C13H22N4O2/c1-4-19-10-5-9(6-10)15-12-7-11(14-2)16-13(17-12)8-18-3/h7,9-10H,4-6,8H2,1-3H3,(H2,14,15,16,17). The molecule has 2 N–H and O–H groups in total. The summed E-state index contributed by atoms with van der Waals surface area (Å²) in [5, 5.41) is 6.45. The van der Waals surface area contributed by atoms with E-state index in [-0.39, 0.29) is 0 Å². The lowest BCUT2D eigenvalue weighted by molar-refractivity contribution is 0.00292. The number of hydrogen-bond donors (Lipinski definition) is 2. The number of rotatable bonds is 7. The van der Waals surface area contributed by atoms with E-state index in [1.54, 1.807) is 7.11 Å². The Hall–Kier alpha value is -1.40. The summed E-state index contributed by atoms with van der Waals surface area (Å²) in [5.74, 6) is 2.31. The van der Waals surface area contributed by atoms with Gasteiger partial charge in [-0.25, -0.2) is 9.97 Å². The highest BCUT2D eigenvalue weighted by Crippen LogP contribution is 2.26. The van der Waals surface area contributed by atoms with Crippen molar-refractivity contribution in [2.45, 2.75) is 38.5 Å². The lowest BCUT2D eigenvalue weighted by Crippen LogP contribution is -2.41. The van der Waals surface area contributed by atoms with E-state index in [0.717, 1.165) is 31.1 Å². The predicted molar refractivity (Wildman–Crippen MR) is 74.4 cm³/mol. The number of hydrogen-bond acceptors (Lipinski definition) is 6. The van der Waals surface area contributed by atoms with Gasteiger partial charge in [-0.05, 0) is 19.8 Å². The molecule has 6 nitrogen and oxygen atoms in total. The van der Waals surface area contributed by atoms with Gasteiger partial charge in [0.15, 0.2) is 5.82 Å². The highest BCUT2D eigenvalue weighted by Gasteiger charge is 2.29. The molecular formula is C13H22N4O2. The lowest BCUT2D eigenvalue weighted by atomic mass is 9.89. The van der Waals surface area contributed by atoms with Crippen molar-refractivity contribution in [3.63, 3.8) is 0 Å². The van der Waals surface area contributed by atoms with Crippen LogP contribution < -0.4 is 10.6 Å². The fraction of sp³-hybridized carbons (Fsp3) is 0.692. The average Bonchev–Trinajstić information content (AvgIpc) is 2.36. The van der Waals surface area contributed by atoms with Crippen molar-refractivity contribution in [1.82, 2.24) is 9.97 Å². The third kappa shape index (κ3) is 3.78. The van der Waals surface area contributed by atoms with Crippen LogP contribution in [0.5, 0.6) is 0 Å². The van der Waals surface area contributed by atoms with Gasteiger partial charge < -0.3 is 20.1 Å². The molecule has 0 radical (unpaired) electrons. The Balaban J connectivity index is 1.94. The minimum Gasteiger partial charge on any atom is -0.378 e. The molecule has 1 aliphatic rings. The second kappa shape index (κ2) is 6.68. The van der Waals surface area contributed by atoms with Gasteiger partial charge in [-0.3, -0.25) is 0 Å². The van der Waals surface area contributed by atoms with E-state index in [1.807, 2.05) is 20.0 Å². The summed E-state index contributed by atoms with van der Waals surface area (Å²) in [4.78, 5) is 8.76. The zero-order chi connectivity index (χ0) is 13.7. The second-order valence-electron chi connectivity index (χ2n) is 4.63. The maximum absolute atomic E-state index is 5.55. The second-order valence-corrected chi connectivity index (χ2v) is 4.63. The first-order chi connectivity index (χ1) is 9.25. The summed E-state index contributed by atoms with van der Waals surface area (Å²) in [6.07, 6.45) is 2.46. The van der Waals surface area contributed by atoms with Gasteiger partial charge in [0.25, 0.3) is 0 Å². The predicted octanol–water partition coefficient (Wildman–Crippen LogP) is 1.64. The van der Waals surface area contributed by atoms with Crippen LogP contribution >= 0.6 is 0 Å². The molecule has 2 rings (SSSR count). The molecule has 6 heteroatoms. The summed E-state index contributed by atoms with van der Waals surface area (Å²) in [6.45, 7) is 3.23. The first-order valence-electron chi connectivity index (χ1n) is 6.68. The number of ether oxygens (including phenoxy) is 2. The molecule has 1 fully saturated rings. The highest BCUT2D eigenvalue weighted by atomic mass is 16.5. The Kier molecular flexibility index (Phi) is 4.93. The molecule has 19 heavy (non-hydrogen) atoms. The van der Waals surface area contributed by atoms with E-state index in [2.05, 4.69) is 20.6 Å².